The summed E-state index contributed by atoms with van der Waals surface area (Å²) in [6.07, 6.45) is 1.08. The quantitative estimate of drug-likeness (QED) is 0.292. The third-order valence-electron chi connectivity index (χ3n) is 1.99. The number of nitrogens with zero attached hydrogens (tertiary/aromatic N) is 1. The van der Waals surface area contributed by atoms with Crippen LogP contribution in [-0.2, 0) is 0 Å². The minimum atomic E-state index is -1.05. The van der Waals surface area contributed by atoms with Gasteiger partial charge in [-0.3, -0.25) is 24.9 Å². The van der Waals surface area contributed by atoms with Gasteiger partial charge in [-0.1, -0.05) is 0 Å². The molecule has 0 aromatic carbocycles. The van der Waals surface area contributed by atoms with Crippen molar-refractivity contribution in [2.75, 3.05) is 18.5 Å². The van der Waals surface area contributed by atoms with E-state index in [0.29, 0.717) is 19.4 Å². The Kier molecular flexibility index (Phi) is 4.40. The zero-order valence-electron chi connectivity index (χ0n) is 8.86. The molecule has 9 heteroatoms. The molecule has 1 rings (SSSR count). The largest absolute Gasteiger partial charge is 0.396 e. The Morgan fingerprint density at radius 1 is 1.29 bits per heavy atom. The van der Waals surface area contributed by atoms with Crippen molar-refractivity contribution in [3.8, 4) is 0 Å². The van der Waals surface area contributed by atoms with Gasteiger partial charge in [0.05, 0.1) is 4.92 Å². The number of H-pyrrole nitrogens is 2. The third kappa shape index (κ3) is 3.41. The van der Waals surface area contributed by atoms with Crippen molar-refractivity contribution in [2.45, 2.75) is 12.8 Å². The molecule has 0 saturated carbocycles. The number of unbranched alkanes of at least 4 members (excludes halogenated alkanes) is 1. The average Bonchev–Trinajstić information content (AvgIpc) is 2.22. The molecular formula is C8H12N4O5. The van der Waals surface area contributed by atoms with Gasteiger partial charge in [0.15, 0.2) is 5.82 Å². The van der Waals surface area contributed by atoms with Crippen LogP contribution in [0.2, 0.25) is 0 Å². The molecule has 0 spiro atoms. The molecule has 0 aliphatic heterocycles. The Balaban J connectivity index is 2.93. The third-order valence-corrected chi connectivity index (χ3v) is 1.99. The van der Waals surface area contributed by atoms with Gasteiger partial charge in [-0.15, -0.1) is 0 Å². The highest BCUT2D eigenvalue weighted by molar-refractivity contribution is 5.53. The lowest BCUT2D eigenvalue weighted by Gasteiger charge is -2.04. The van der Waals surface area contributed by atoms with E-state index in [1.54, 1.807) is 4.98 Å². The maximum atomic E-state index is 11.2. The fourth-order valence-corrected chi connectivity index (χ4v) is 1.23. The van der Waals surface area contributed by atoms with Crippen molar-refractivity contribution < 1.29 is 10.0 Å². The molecule has 4 N–H and O–H groups in total. The molecule has 1 aromatic heterocycles. The van der Waals surface area contributed by atoms with Crippen LogP contribution in [0, 0.1) is 10.1 Å². The van der Waals surface area contributed by atoms with E-state index in [9.17, 15) is 19.7 Å². The topological polar surface area (TPSA) is 141 Å². The molecule has 1 aromatic rings. The van der Waals surface area contributed by atoms with Crippen molar-refractivity contribution in [3.05, 3.63) is 31.0 Å². The molecule has 0 saturated heterocycles. The first kappa shape index (κ1) is 12.9. The number of aliphatic hydroxyl groups excluding tert-OH is 1. The van der Waals surface area contributed by atoms with Gasteiger partial charge in [-0.05, 0) is 12.8 Å². The average molecular weight is 244 g/mol. The molecule has 0 aliphatic rings. The molecule has 1 heterocycles. The molecule has 17 heavy (non-hydrogen) atoms. The van der Waals surface area contributed by atoms with E-state index in [-0.39, 0.29) is 12.4 Å². The van der Waals surface area contributed by atoms with Crippen molar-refractivity contribution in [1.82, 2.24) is 9.97 Å². The lowest BCUT2D eigenvalue weighted by molar-refractivity contribution is -0.385. The van der Waals surface area contributed by atoms with E-state index in [1.807, 2.05) is 0 Å². The van der Waals surface area contributed by atoms with Crippen molar-refractivity contribution in [3.63, 3.8) is 0 Å². The fourth-order valence-electron chi connectivity index (χ4n) is 1.23. The van der Waals surface area contributed by atoms with E-state index >= 15 is 0 Å². The summed E-state index contributed by atoms with van der Waals surface area (Å²) in [6, 6.07) is 0. The second-order valence-electron chi connectivity index (χ2n) is 3.25. The standard InChI is InChI=1S/C8H12N4O5/c13-4-2-1-3-9-6-5(12(16)17)7(14)11-8(15)10-6/h13H,1-4H2,(H3,9,10,11,14,15). The van der Waals surface area contributed by atoms with Crippen molar-refractivity contribution in [2.24, 2.45) is 0 Å². The maximum Gasteiger partial charge on any atom is 0.373 e. The number of aromatic nitrogens is 2. The van der Waals surface area contributed by atoms with Crippen LogP contribution in [-0.4, -0.2) is 33.1 Å². The summed E-state index contributed by atoms with van der Waals surface area (Å²) in [6.45, 7) is 0.316. The van der Waals surface area contributed by atoms with E-state index in [0.717, 1.165) is 0 Å². The molecule has 0 amide bonds. The summed E-state index contributed by atoms with van der Waals surface area (Å²) < 4.78 is 0. The summed E-state index contributed by atoms with van der Waals surface area (Å²) in [5.74, 6) is -0.221. The maximum absolute atomic E-state index is 11.2. The summed E-state index contributed by atoms with van der Waals surface area (Å²) in [4.78, 5) is 35.8. The molecule has 0 fully saturated rings. The Bertz CT molecular complexity index is 505. The van der Waals surface area contributed by atoms with E-state index < -0.39 is 21.9 Å². The van der Waals surface area contributed by atoms with Crippen LogP contribution in [0.5, 0.6) is 0 Å². The van der Waals surface area contributed by atoms with Crippen LogP contribution in [0.4, 0.5) is 11.5 Å². The molecule has 9 nitrogen and oxygen atoms in total. The van der Waals surface area contributed by atoms with Crippen molar-refractivity contribution >= 4 is 11.5 Å². The number of hydrogen-bond donors (Lipinski definition) is 4. The van der Waals surface area contributed by atoms with Crippen LogP contribution < -0.4 is 16.6 Å². The monoisotopic (exact) mass is 244 g/mol. The Labute approximate surface area is 94.7 Å². The number of nitro groups is 1. The lowest BCUT2D eigenvalue weighted by Crippen LogP contribution is -2.26. The van der Waals surface area contributed by atoms with Crippen molar-refractivity contribution in [1.29, 1.82) is 0 Å². The molecule has 0 bridgehead atoms. The number of aliphatic hydroxyl groups is 1. The molecule has 0 unspecified atom stereocenters. The Hall–Kier alpha value is -2.16. The Morgan fingerprint density at radius 2 is 2.00 bits per heavy atom. The minimum absolute atomic E-state index is 0.00959. The van der Waals surface area contributed by atoms with E-state index in [4.69, 9.17) is 5.11 Å². The summed E-state index contributed by atoms with van der Waals surface area (Å²) in [5, 5.41) is 21.8. The molecular weight excluding hydrogens is 232 g/mol. The molecule has 0 aliphatic carbocycles. The molecule has 94 valence electrons. The second kappa shape index (κ2) is 5.80. The molecule has 0 atom stereocenters. The minimum Gasteiger partial charge on any atom is -0.396 e. The first-order valence-electron chi connectivity index (χ1n) is 4.92. The predicted octanol–water partition coefficient (Wildman–Crippen LogP) is -0.844. The highest BCUT2D eigenvalue weighted by atomic mass is 16.6. The SMILES string of the molecule is O=c1[nH]c(NCCCCO)c([N+](=O)[O-])c(=O)[nH]1. The summed E-state index contributed by atoms with van der Waals surface area (Å²) >= 11 is 0. The van der Waals surface area contributed by atoms with Crippen LogP contribution in [0.25, 0.3) is 0 Å². The van der Waals surface area contributed by atoms with Gasteiger partial charge in [0, 0.05) is 13.2 Å². The second-order valence-corrected chi connectivity index (χ2v) is 3.25. The van der Waals surface area contributed by atoms with Gasteiger partial charge in [-0.2, -0.15) is 0 Å². The predicted molar refractivity (Wildman–Crippen MR) is 59.1 cm³/mol. The van der Waals surface area contributed by atoms with Gasteiger partial charge >= 0.3 is 16.9 Å². The van der Waals surface area contributed by atoms with Crippen LogP contribution >= 0.6 is 0 Å². The zero-order valence-corrected chi connectivity index (χ0v) is 8.86. The van der Waals surface area contributed by atoms with Gasteiger partial charge in [0.2, 0.25) is 0 Å². The highest BCUT2D eigenvalue weighted by Gasteiger charge is 2.20. The number of rotatable bonds is 6. The van der Waals surface area contributed by atoms with E-state index in [1.165, 1.54) is 0 Å². The number of anilines is 1. The number of aromatic amines is 2. The lowest BCUT2D eigenvalue weighted by atomic mass is 10.3. The van der Waals surface area contributed by atoms with Gasteiger partial charge in [0.25, 0.3) is 0 Å². The van der Waals surface area contributed by atoms with Gasteiger partial charge < -0.3 is 10.4 Å². The summed E-state index contributed by atoms with van der Waals surface area (Å²) in [7, 11) is 0. The highest BCUT2D eigenvalue weighted by Crippen LogP contribution is 2.13. The number of nitrogens with one attached hydrogen (secondary N) is 3. The first-order valence-corrected chi connectivity index (χ1v) is 4.92. The normalized spacial score (nSPS) is 10.2. The summed E-state index contributed by atoms with van der Waals surface area (Å²) in [5.41, 5.74) is -2.60. The number of hydrogen-bond acceptors (Lipinski definition) is 6. The van der Waals surface area contributed by atoms with Gasteiger partial charge in [-0.25, -0.2) is 4.79 Å². The molecule has 0 radical (unpaired) electrons. The van der Waals surface area contributed by atoms with Crippen LogP contribution in [0.1, 0.15) is 12.8 Å². The smallest absolute Gasteiger partial charge is 0.373 e. The van der Waals surface area contributed by atoms with Crippen LogP contribution in [0.15, 0.2) is 9.59 Å². The van der Waals surface area contributed by atoms with E-state index in [2.05, 4.69) is 10.3 Å². The van der Waals surface area contributed by atoms with Crippen LogP contribution in [0.3, 0.4) is 0 Å². The fraction of sp³-hybridized carbons (Fsp3) is 0.500. The first-order chi connectivity index (χ1) is 8.06. The zero-order chi connectivity index (χ0) is 12.8. The Morgan fingerprint density at radius 3 is 2.59 bits per heavy atom. The van der Waals surface area contributed by atoms with Gasteiger partial charge in [0.1, 0.15) is 0 Å².